The highest BCUT2D eigenvalue weighted by Gasteiger charge is 2.03. The number of carbonyl (C=O) groups is 2. The minimum atomic E-state index is -0.0972. The maximum atomic E-state index is 10.4. The highest BCUT2D eigenvalue weighted by Crippen LogP contribution is 2.11. The van der Waals surface area contributed by atoms with Crippen molar-refractivity contribution in [3.63, 3.8) is 0 Å². The van der Waals surface area contributed by atoms with Gasteiger partial charge in [0.2, 0.25) is 5.91 Å². The smallest absolute Gasteiger partial charge is 0.222 e. The van der Waals surface area contributed by atoms with Crippen molar-refractivity contribution in [2.45, 2.75) is 107 Å². The quantitative estimate of drug-likeness (QED) is 0.405. The molecule has 0 aliphatic carbocycles. The molecule has 0 saturated heterocycles. The van der Waals surface area contributed by atoms with Gasteiger partial charge in [-0.1, -0.05) is 106 Å². The number of benzene rings is 1. The van der Waals surface area contributed by atoms with Gasteiger partial charge in [0.15, 0.2) is 0 Å². The third-order valence-electron chi connectivity index (χ3n) is 5.55. The predicted octanol–water partition coefficient (Wildman–Crippen LogP) is 7.39. The second-order valence-corrected chi connectivity index (χ2v) is 10.9. The summed E-state index contributed by atoms with van der Waals surface area (Å²) in [6, 6.07) is 10.5. The zero-order valence-corrected chi connectivity index (χ0v) is 26.9. The van der Waals surface area contributed by atoms with Crippen molar-refractivity contribution >= 4 is 11.7 Å². The Bertz CT molecular complexity index is 825. The van der Waals surface area contributed by atoms with Crippen molar-refractivity contribution in [1.82, 2.24) is 14.9 Å². The largest absolute Gasteiger partial charge is 0.393 e. The lowest BCUT2D eigenvalue weighted by molar-refractivity contribution is -0.123. The van der Waals surface area contributed by atoms with Crippen molar-refractivity contribution < 1.29 is 14.7 Å². The summed E-state index contributed by atoms with van der Waals surface area (Å²) in [5, 5.41) is 11.5. The van der Waals surface area contributed by atoms with Gasteiger partial charge in [-0.3, -0.25) is 9.59 Å². The predicted molar refractivity (Wildman–Crippen MR) is 163 cm³/mol. The summed E-state index contributed by atoms with van der Waals surface area (Å²) in [4.78, 5) is 24.7. The number of aliphatic hydroxyl groups is 1. The Morgan fingerprint density at radius 2 is 1.37 bits per heavy atom. The van der Waals surface area contributed by atoms with Crippen LogP contribution in [-0.2, 0) is 16.6 Å². The monoisotopic (exact) mass is 533 g/mol. The number of aliphatic hydroxyl groups excluding tert-OH is 1. The Morgan fingerprint density at radius 1 is 0.895 bits per heavy atom. The van der Waals surface area contributed by atoms with E-state index in [2.05, 4.69) is 62.3 Å². The Labute approximate surface area is 234 Å². The average molecular weight is 534 g/mol. The number of aromatic nitrogens is 2. The summed E-state index contributed by atoms with van der Waals surface area (Å²) in [5.41, 5.74) is 2.58. The van der Waals surface area contributed by atoms with Crippen LogP contribution in [0.15, 0.2) is 42.9 Å². The Kier molecular flexibility index (Phi) is 24.9. The van der Waals surface area contributed by atoms with Crippen LogP contribution in [0, 0.1) is 17.8 Å². The summed E-state index contributed by atoms with van der Waals surface area (Å²) >= 11 is 0. The Hall–Kier alpha value is -2.47. The number of nitrogens with one attached hydrogen (secondary N) is 1. The number of aryl methyl sites for hydroxylation is 1. The van der Waals surface area contributed by atoms with Crippen LogP contribution in [0.3, 0.4) is 0 Å². The van der Waals surface area contributed by atoms with Crippen molar-refractivity contribution in [1.29, 1.82) is 0 Å². The van der Waals surface area contributed by atoms with Crippen LogP contribution in [0.1, 0.15) is 113 Å². The molecule has 0 fully saturated rings. The second-order valence-electron chi connectivity index (χ2n) is 10.9. The van der Waals surface area contributed by atoms with E-state index in [0.717, 1.165) is 12.1 Å². The lowest BCUT2D eigenvalue weighted by atomic mass is 10.0. The number of hydrogen-bond acceptors (Lipinski definition) is 4. The Morgan fingerprint density at radius 3 is 1.50 bits per heavy atom. The number of nitrogens with zero attached hydrogens (tertiary/aromatic N) is 2. The van der Waals surface area contributed by atoms with Gasteiger partial charge in [-0.25, -0.2) is 4.98 Å². The summed E-state index contributed by atoms with van der Waals surface area (Å²) in [7, 11) is 3.63. The number of ketones is 1. The molecule has 2 aromatic rings. The maximum absolute atomic E-state index is 10.4. The standard InChI is InChI=1S/C9H12.C7H12N2.C6H14O.C5H11NO.C5H10O/c1-8(2)9-6-4-3-5-7-9;1-6(2)7-4-9(3)5-8-7;1-4-6(7)5(2)3;1-4(2)5(7)6-3;1-4(2)5(3)6/h3-8H,1-2H3;4-6H,1-3H3;5-7H,4H2,1-3H3;4H,1-3H3,(H,6,7);4H,1-3H3. The number of amides is 1. The lowest BCUT2D eigenvalue weighted by Gasteiger charge is -2.09. The van der Waals surface area contributed by atoms with Crippen molar-refractivity contribution in [2.75, 3.05) is 7.05 Å². The maximum Gasteiger partial charge on any atom is 0.222 e. The number of imidazole rings is 1. The third-order valence-corrected chi connectivity index (χ3v) is 5.55. The first-order chi connectivity index (χ1) is 17.5. The highest BCUT2D eigenvalue weighted by molar-refractivity contribution is 5.77. The second kappa shape index (κ2) is 23.6. The van der Waals surface area contributed by atoms with Crippen molar-refractivity contribution in [3.05, 3.63) is 54.1 Å². The Balaban J connectivity index is -0.000000407. The van der Waals surface area contributed by atoms with Crippen LogP contribution in [0.4, 0.5) is 0 Å². The molecule has 1 aromatic heterocycles. The van der Waals surface area contributed by atoms with Crippen LogP contribution < -0.4 is 5.32 Å². The van der Waals surface area contributed by atoms with Crippen LogP contribution in [-0.4, -0.2) is 39.5 Å². The minimum Gasteiger partial charge on any atom is -0.393 e. The fraction of sp³-hybridized carbons (Fsp3) is 0.656. The molecule has 1 aromatic carbocycles. The molecular formula is C32H59N3O3. The molecule has 0 aliphatic heterocycles. The van der Waals surface area contributed by atoms with E-state index in [1.165, 1.54) is 5.56 Å². The van der Waals surface area contributed by atoms with E-state index >= 15 is 0 Å². The SMILES string of the molecule is CC(=O)C(C)C.CC(C)c1ccccc1.CC(C)c1cn(C)cn1.CCC(O)C(C)C.CNC(=O)C(C)C. The molecule has 0 bridgehead atoms. The summed E-state index contributed by atoms with van der Waals surface area (Å²) in [6.45, 7) is 23.8. The van der Waals surface area contributed by atoms with E-state index in [9.17, 15) is 9.59 Å². The first-order valence-corrected chi connectivity index (χ1v) is 13.9. The van der Waals surface area contributed by atoms with E-state index in [0.29, 0.717) is 17.8 Å². The normalized spacial score (nSPS) is 10.8. The third kappa shape index (κ3) is 23.9. The number of hydrogen-bond donors (Lipinski definition) is 2. The van der Waals surface area contributed by atoms with E-state index in [1.54, 1.807) is 14.0 Å². The molecule has 38 heavy (non-hydrogen) atoms. The van der Waals surface area contributed by atoms with Crippen LogP contribution >= 0.6 is 0 Å². The molecule has 1 unspecified atom stereocenters. The van der Waals surface area contributed by atoms with E-state index in [1.807, 2.05) is 78.7 Å². The van der Waals surface area contributed by atoms with Crippen LogP contribution in [0.5, 0.6) is 0 Å². The molecule has 0 radical (unpaired) electrons. The zero-order chi connectivity index (χ0) is 30.4. The van der Waals surface area contributed by atoms with Crippen molar-refractivity contribution in [3.8, 4) is 0 Å². The summed E-state index contributed by atoms with van der Waals surface area (Å²) < 4.78 is 1.97. The molecule has 220 valence electrons. The first kappa shape index (κ1) is 40.0. The molecule has 6 heteroatoms. The highest BCUT2D eigenvalue weighted by atomic mass is 16.3. The summed E-state index contributed by atoms with van der Waals surface area (Å²) in [6.07, 6.45) is 4.65. The molecule has 0 aliphatic rings. The van der Waals surface area contributed by atoms with Gasteiger partial charge in [0.1, 0.15) is 5.78 Å². The fourth-order valence-corrected chi connectivity index (χ4v) is 2.33. The molecule has 0 spiro atoms. The molecule has 2 N–H and O–H groups in total. The van der Waals surface area contributed by atoms with Gasteiger partial charge in [-0.2, -0.15) is 0 Å². The van der Waals surface area contributed by atoms with Gasteiger partial charge < -0.3 is 15.0 Å². The fourth-order valence-electron chi connectivity index (χ4n) is 2.33. The zero-order valence-electron chi connectivity index (χ0n) is 26.9. The topological polar surface area (TPSA) is 84.2 Å². The van der Waals surface area contributed by atoms with Gasteiger partial charge in [-0.15, -0.1) is 0 Å². The van der Waals surface area contributed by atoms with Gasteiger partial charge >= 0.3 is 0 Å². The molecule has 6 nitrogen and oxygen atoms in total. The lowest BCUT2D eigenvalue weighted by Crippen LogP contribution is -2.22. The number of carbonyl (C=O) groups excluding carboxylic acids is 2. The summed E-state index contributed by atoms with van der Waals surface area (Å²) in [5.74, 6) is 2.31. The molecule has 0 saturated carbocycles. The van der Waals surface area contributed by atoms with Gasteiger partial charge in [0.05, 0.1) is 18.1 Å². The minimum absolute atomic E-state index is 0.0972. The molecule has 1 heterocycles. The van der Waals surface area contributed by atoms with E-state index in [4.69, 9.17) is 5.11 Å². The van der Waals surface area contributed by atoms with E-state index < -0.39 is 0 Å². The number of rotatable bonds is 6. The van der Waals surface area contributed by atoms with Crippen molar-refractivity contribution in [2.24, 2.45) is 24.8 Å². The first-order valence-electron chi connectivity index (χ1n) is 13.9. The molecule has 2 rings (SSSR count). The molecule has 1 atom stereocenters. The number of Topliss-reactive ketones (excluding diaryl/α,β-unsaturated/α-hetero) is 1. The van der Waals surface area contributed by atoms with Gasteiger partial charge in [0.25, 0.3) is 0 Å². The van der Waals surface area contributed by atoms with Gasteiger partial charge in [0, 0.05) is 32.1 Å². The van der Waals surface area contributed by atoms with Gasteiger partial charge in [-0.05, 0) is 36.7 Å². The molecular weight excluding hydrogens is 474 g/mol. The van der Waals surface area contributed by atoms with E-state index in [-0.39, 0.29) is 29.6 Å². The average Bonchev–Trinajstić information content (AvgIpc) is 3.31. The van der Waals surface area contributed by atoms with Crippen LogP contribution in [0.25, 0.3) is 0 Å². The van der Waals surface area contributed by atoms with Crippen LogP contribution in [0.2, 0.25) is 0 Å². The molecule has 1 amide bonds.